The molecular weight excluding hydrogens is 272 g/mol. The topological polar surface area (TPSA) is 43.4 Å². The molecule has 3 rings (SSSR count). The Kier molecular flexibility index (Phi) is 2.57. The van der Waals surface area contributed by atoms with Crippen molar-refractivity contribution in [3.8, 4) is 11.5 Å². The van der Waals surface area contributed by atoms with Crippen LogP contribution in [0.5, 0.6) is 11.5 Å². The van der Waals surface area contributed by atoms with E-state index in [0.717, 1.165) is 16.9 Å². The van der Waals surface area contributed by atoms with Crippen LogP contribution in [0.15, 0.2) is 47.4 Å². The summed E-state index contributed by atoms with van der Waals surface area (Å²) in [5.74, 6) is 1.49. The van der Waals surface area contributed by atoms with Gasteiger partial charge < -0.3 is 4.74 Å². The minimum atomic E-state index is -3.70. The summed E-state index contributed by atoms with van der Waals surface area (Å²) in [6.45, 7) is 0. The standard InChI is InChI=1S/C13H9ClO3S/c14-18(15,16)11-5-6-13-10(8-11)7-9-3-1-2-4-12(9)17-13/h1-6,8H,7H2. The molecule has 92 valence electrons. The van der Waals surface area contributed by atoms with E-state index in [1.165, 1.54) is 6.07 Å². The van der Waals surface area contributed by atoms with Crippen molar-refractivity contribution in [2.75, 3.05) is 0 Å². The highest BCUT2D eigenvalue weighted by molar-refractivity contribution is 8.13. The SMILES string of the molecule is O=S(=O)(Cl)c1ccc2c(c1)Cc1ccccc1O2. The third kappa shape index (κ3) is 1.98. The van der Waals surface area contributed by atoms with Crippen LogP contribution in [0.1, 0.15) is 11.1 Å². The summed E-state index contributed by atoms with van der Waals surface area (Å²) in [6.07, 6.45) is 0.645. The monoisotopic (exact) mass is 280 g/mol. The van der Waals surface area contributed by atoms with E-state index in [1.54, 1.807) is 12.1 Å². The summed E-state index contributed by atoms with van der Waals surface area (Å²) < 4.78 is 28.3. The molecule has 0 saturated carbocycles. The highest BCUT2D eigenvalue weighted by atomic mass is 35.7. The number of fused-ring (bicyclic) bond motifs is 2. The molecule has 1 aliphatic heterocycles. The van der Waals surface area contributed by atoms with Gasteiger partial charge in [-0.15, -0.1) is 0 Å². The molecule has 0 bridgehead atoms. The highest BCUT2D eigenvalue weighted by Gasteiger charge is 2.19. The Bertz CT molecular complexity index is 723. The van der Waals surface area contributed by atoms with Crippen molar-refractivity contribution >= 4 is 19.7 Å². The van der Waals surface area contributed by atoms with Gasteiger partial charge in [-0.25, -0.2) is 8.42 Å². The number of benzene rings is 2. The van der Waals surface area contributed by atoms with E-state index >= 15 is 0 Å². The Morgan fingerprint density at radius 1 is 1.00 bits per heavy atom. The fourth-order valence-corrected chi connectivity index (χ4v) is 2.82. The normalized spacial score (nSPS) is 13.4. The molecule has 1 aliphatic rings. The van der Waals surface area contributed by atoms with E-state index in [2.05, 4.69) is 0 Å². The van der Waals surface area contributed by atoms with Gasteiger partial charge in [0.2, 0.25) is 0 Å². The van der Waals surface area contributed by atoms with Crippen LogP contribution in [0.3, 0.4) is 0 Å². The van der Waals surface area contributed by atoms with Crippen molar-refractivity contribution in [1.29, 1.82) is 0 Å². The average molecular weight is 281 g/mol. The largest absolute Gasteiger partial charge is 0.457 e. The first kappa shape index (κ1) is 11.6. The van der Waals surface area contributed by atoms with E-state index in [4.69, 9.17) is 15.4 Å². The van der Waals surface area contributed by atoms with Gasteiger partial charge in [-0.2, -0.15) is 0 Å². The number of para-hydroxylation sites is 1. The number of hydrogen-bond donors (Lipinski definition) is 0. The molecule has 0 unspecified atom stereocenters. The molecule has 0 aliphatic carbocycles. The minimum Gasteiger partial charge on any atom is -0.457 e. The van der Waals surface area contributed by atoms with Crippen molar-refractivity contribution in [2.45, 2.75) is 11.3 Å². The van der Waals surface area contributed by atoms with E-state index in [-0.39, 0.29) is 4.90 Å². The smallest absolute Gasteiger partial charge is 0.261 e. The van der Waals surface area contributed by atoms with Gasteiger partial charge in [-0.1, -0.05) is 18.2 Å². The first-order chi connectivity index (χ1) is 8.54. The summed E-state index contributed by atoms with van der Waals surface area (Å²) >= 11 is 0. The maximum atomic E-state index is 11.3. The van der Waals surface area contributed by atoms with E-state index < -0.39 is 9.05 Å². The molecule has 3 nitrogen and oxygen atoms in total. The predicted molar refractivity (Wildman–Crippen MR) is 68.8 cm³/mol. The van der Waals surface area contributed by atoms with Crippen LogP contribution in [0.4, 0.5) is 0 Å². The van der Waals surface area contributed by atoms with Crippen molar-refractivity contribution < 1.29 is 13.2 Å². The van der Waals surface area contributed by atoms with Crippen LogP contribution in [-0.2, 0) is 15.5 Å². The van der Waals surface area contributed by atoms with Crippen molar-refractivity contribution in [3.63, 3.8) is 0 Å². The maximum Gasteiger partial charge on any atom is 0.261 e. The second-order valence-corrected chi connectivity index (χ2v) is 6.66. The Morgan fingerprint density at radius 2 is 1.72 bits per heavy atom. The Labute approximate surface area is 109 Å². The van der Waals surface area contributed by atoms with Crippen molar-refractivity contribution in [1.82, 2.24) is 0 Å². The van der Waals surface area contributed by atoms with Crippen molar-refractivity contribution in [2.24, 2.45) is 0 Å². The zero-order valence-electron chi connectivity index (χ0n) is 9.26. The molecule has 0 amide bonds. The Hall–Kier alpha value is -1.52. The number of halogens is 1. The van der Waals surface area contributed by atoms with Gasteiger partial charge in [0.05, 0.1) is 4.90 Å². The Morgan fingerprint density at radius 3 is 2.50 bits per heavy atom. The molecule has 1 heterocycles. The van der Waals surface area contributed by atoms with Gasteiger partial charge in [0.25, 0.3) is 9.05 Å². The van der Waals surface area contributed by atoms with E-state index in [1.807, 2.05) is 24.3 Å². The summed E-state index contributed by atoms with van der Waals surface area (Å²) in [5, 5.41) is 0. The number of ether oxygens (including phenoxy) is 1. The molecule has 0 atom stereocenters. The van der Waals surface area contributed by atoms with Gasteiger partial charge in [0, 0.05) is 22.7 Å². The number of rotatable bonds is 1. The average Bonchev–Trinajstić information content (AvgIpc) is 2.34. The molecule has 0 aromatic heterocycles. The van der Waals surface area contributed by atoms with Crippen LogP contribution < -0.4 is 4.74 Å². The van der Waals surface area contributed by atoms with Crippen LogP contribution in [0.25, 0.3) is 0 Å². The molecule has 2 aromatic carbocycles. The van der Waals surface area contributed by atoms with Crippen LogP contribution in [0.2, 0.25) is 0 Å². The molecular formula is C13H9ClO3S. The van der Waals surface area contributed by atoms with Gasteiger partial charge in [0.1, 0.15) is 11.5 Å². The van der Waals surface area contributed by atoms with Crippen LogP contribution in [0, 0.1) is 0 Å². The van der Waals surface area contributed by atoms with E-state index in [9.17, 15) is 8.42 Å². The summed E-state index contributed by atoms with van der Waals surface area (Å²) in [5.41, 5.74) is 1.87. The molecule has 18 heavy (non-hydrogen) atoms. The third-order valence-corrected chi connectivity index (χ3v) is 4.24. The molecule has 0 N–H and O–H groups in total. The molecule has 2 aromatic rings. The van der Waals surface area contributed by atoms with Gasteiger partial charge >= 0.3 is 0 Å². The zero-order valence-corrected chi connectivity index (χ0v) is 10.8. The minimum absolute atomic E-state index is 0.103. The first-order valence-corrected chi connectivity index (χ1v) is 7.68. The lowest BCUT2D eigenvalue weighted by Crippen LogP contribution is -2.04. The molecule has 0 radical (unpaired) electrons. The second kappa shape index (κ2) is 4.00. The lowest BCUT2D eigenvalue weighted by molar-refractivity contribution is 0.459. The third-order valence-electron chi connectivity index (χ3n) is 2.89. The lowest BCUT2D eigenvalue weighted by atomic mass is 10.0. The predicted octanol–water partition coefficient (Wildman–Crippen LogP) is 3.31. The second-order valence-electron chi connectivity index (χ2n) is 4.09. The molecule has 0 spiro atoms. The van der Waals surface area contributed by atoms with Crippen molar-refractivity contribution in [3.05, 3.63) is 53.6 Å². The first-order valence-electron chi connectivity index (χ1n) is 5.37. The fourth-order valence-electron chi connectivity index (χ4n) is 2.02. The Balaban J connectivity index is 2.09. The van der Waals surface area contributed by atoms with Gasteiger partial charge in [-0.3, -0.25) is 0 Å². The van der Waals surface area contributed by atoms with Gasteiger partial charge in [0.15, 0.2) is 0 Å². The molecule has 0 saturated heterocycles. The number of hydrogen-bond acceptors (Lipinski definition) is 3. The van der Waals surface area contributed by atoms with Crippen LogP contribution in [-0.4, -0.2) is 8.42 Å². The fraction of sp³-hybridized carbons (Fsp3) is 0.0769. The quantitative estimate of drug-likeness (QED) is 0.642. The summed E-state index contributed by atoms with van der Waals surface area (Å²) in [6, 6.07) is 12.3. The summed E-state index contributed by atoms with van der Waals surface area (Å²) in [7, 11) is 1.64. The summed E-state index contributed by atoms with van der Waals surface area (Å²) in [4.78, 5) is 0.103. The zero-order chi connectivity index (χ0) is 12.8. The molecule has 5 heteroatoms. The highest BCUT2D eigenvalue weighted by Crippen LogP contribution is 2.37. The molecule has 0 fully saturated rings. The van der Waals surface area contributed by atoms with Crippen LogP contribution >= 0.6 is 10.7 Å². The maximum absolute atomic E-state index is 11.3. The van der Waals surface area contributed by atoms with E-state index in [0.29, 0.717) is 12.2 Å². The lowest BCUT2D eigenvalue weighted by Gasteiger charge is -2.20. The van der Waals surface area contributed by atoms with Gasteiger partial charge in [-0.05, 0) is 29.8 Å².